The first-order valence-electron chi connectivity index (χ1n) is 8.29. The number of carbonyl (C=O) groups excluding carboxylic acids is 2. The molecule has 0 saturated carbocycles. The van der Waals surface area contributed by atoms with Gasteiger partial charge in [0, 0.05) is 25.2 Å². The Morgan fingerprint density at radius 3 is 2.19 bits per heavy atom. The number of allylic oxidation sites excluding steroid dienone is 2. The highest BCUT2D eigenvalue weighted by Gasteiger charge is 2.28. The van der Waals surface area contributed by atoms with Gasteiger partial charge in [-0.3, -0.25) is 9.59 Å². The van der Waals surface area contributed by atoms with E-state index in [4.69, 9.17) is 10.4 Å². The lowest BCUT2D eigenvalue weighted by atomic mass is 9.88. The topological polar surface area (TPSA) is 124 Å². The van der Waals surface area contributed by atoms with Crippen molar-refractivity contribution in [1.29, 1.82) is 0 Å². The summed E-state index contributed by atoms with van der Waals surface area (Å²) in [6.07, 6.45) is 1.01. The number of hydrogen-bond donors (Lipinski definition) is 3. The summed E-state index contributed by atoms with van der Waals surface area (Å²) in [4.78, 5) is 38.8. The standard InChI is InChI=1S/C18H21NO7/c20-14-11-15(21)18(14)12-5-7-13(8-6-12)19(9-1-3-16(22)23)10-2-4-17(24)26-25/h5-8,20,25H,1-4,9-11H2,(H,22,23). The molecule has 0 saturated heterocycles. The first-order valence-corrected chi connectivity index (χ1v) is 8.29. The molecule has 0 unspecified atom stereocenters. The second-order valence-corrected chi connectivity index (χ2v) is 6.02. The van der Waals surface area contributed by atoms with Crippen molar-refractivity contribution < 1.29 is 34.7 Å². The molecule has 1 aromatic rings. The van der Waals surface area contributed by atoms with Gasteiger partial charge < -0.3 is 20.0 Å². The minimum atomic E-state index is -0.880. The van der Waals surface area contributed by atoms with Gasteiger partial charge in [0.25, 0.3) is 0 Å². The van der Waals surface area contributed by atoms with Crippen LogP contribution in [0.15, 0.2) is 30.0 Å². The number of hydrogen-bond acceptors (Lipinski definition) is 7. The molecular formula is C18H21NO7. The minimum Gasteiger partial charge on any atom is -0.511 e. The summed E-state index contributed by atoms with van der Waals surface area (Å²) in [5, 5.41) is 26.7. The number of aliphatic hydroxyl groups excluding tert-OH is 1. The van der Waals surface area contributed by atoms with Crippen molar-refractivity contribution >= 4 is 29.0 Å². The number of carboxylic acids is 1. The van der Waals surface area contributed by atoms with Gasteiger partial charge in [-0.1, -0.05) is 12.1 Å². The predicted molar refractivity (Wildman–Crippen MR) is 92.7 cm³/mol. The number of carbonyl (C=O) groups is 3. The Kier molecular flexibility index (Phi) is 6.74. The normalized spacial score (nSPS) is 13.3. The molecule has 1 aromatic carbocycles. The number of nitrogens with zero attached hydrogens (tertiary/aromatic N) is 1. The molecule has 0 aliphatic heterocycles. The zero-order valence-electron chi connectivity index (χ0n) is 14.2. The first kappa shape index (κ1) is 19.5. The zero-order chi connectivity index (χ0) is 19.1. The average molecular weight is 363 g/mol. The molecule has 0 aromatic heterocycles. The molecule has 8 heteroatoms. The molecule has 0 bridgehead atoms. The molecule has 1 aliphatic carbocycles. The third-order valence-electron chi connectivity index (χ3n) is 4.15. The van der Waals surface area contributed by atoms with E-state index >= 15 is 0 Å². The third-order valence-corrected chi connectivity index (χ3v) is 4.15. The number of aliphatic carboxylic acids is 1. The van der Waals surface area contributed by atoms with Gasteiger partial charge >= 0.3 is 11.9 Å². The number of benzene rings is 1. The van der Waals surface area contributed by atoms with Gasteiger partial charge in [-0.25, -0.2) is 4.79 Å². The van der Waals surface area contributed by atoms with Crippen molar-refractivity contribution in [1.82, 2.24) is 0 Å². The Labute approximate surface area is 150 Å². The summed E-state index contributed by atoms with van der Waals surface area (Å²) in [5.41, 5.74) is 1.78. The molecule has 0 radical (unpaired) electrons. The van der Waals surface area contributed by atoms with Gasteiger partial charge in [0.15, 0.2) is 5.78 Å². The van der Waals surface area contributed by atoms with Gasteiger partial charge in [0.2, 0.25) is 0 Å². The maximum atomic E-state index is 11.6. The fourth-order valence-corrected chi connectivity index (χ4v) is 2.80. The highest BCUT2D eigenvalue weighted by atomic mass is 17.1. The van der Waals surface area contributed by atoms with Gasteiger partial charge in [0.05, 0.1) is 18.4 Å². The van der Waals surface area contributed by atoms with E-state index < -0.39 is 11.9 Å². The summed E-state index contributed by atoms with van der Waals surface area (Å²) in [7, 11) is 0. The lowest BCUT2D eigenvalue weighted by molar-refractivity contribution is -0.234. The fraction of sp³-hybridized carbons (Fsp3) is 0.389. The Hall–Kier alpha value is -2.87. The van der Waals surface area contributed by atoms with Gasteiger partial charge in [-0.15, -0.1) is 0 Å². The van der Waals surface area contributed by atoms with E-state index in [1.807, 2.05) is 4.90 Å². The molecule has 140 valence electrons. The third kappa shape index (κ3) is 5.06. The van der Waals surface area contributed by atoms with Crippen molar-refractivity contribution in [3.63, 3.8) is 0 Å². The van der Waals surface area contributed by atoms with Crippen molar-refractivity contribution in [2.24, 2.45) is 0 Å². The van der Waals surface area contributed by atoms with Crippen LogP contribution in [0.25, 0.3) is 5.57 Å². The van der Waals surface area contributed by atoms with E-state index in [-0.39, 0.29) is 30.8 Å². The largest absolute Gasteiger partial charge is 0.511 e. The predicted octanol–water partition coefficient (Wildman–Crippen LogP) is 2.40. The smallest absolute Gasteiger partial charge is 0.342 e. The van der Waals surface area contributed by atoms with E-state index in [1.165, 1.54) is 0 Å². The Morgan fingerprint density at radius 1 is 1.08 bits per heavy atom. The number of anilines is 1. The molecule has 1 aliphatic rings. The van der Waals surface area contributed by atoms with Crippen LogP contribution in [0.3, 0.4) is 0 Å². The van der Waals surface area contributed by atoms with Crippen molar-refractivity contribution in [2.45, 2.75) is 32.1 Å². The van der Waals surface area contributed by atoms with Crippen molar-refractivity contribution in [2.75, 3.05) is 18.0 Å². The highest BCUT2D eigenvalue weighted by Crippen LogP contribution is 2.32. The van der Waals surface area contributed by atoms with Gasteiger partial charge in [-0.05, 0) is 30.5 Å². The molecule has 2 rings (SSSR count). The summed E-state index contributed by atoms with van der Waals surface area (Å²) in [6, 6.07) is 7.02. The summed E-state index contributed by atoms with van der Waals surface area (Å²) < 4.78 is 0. The fourth-order valence-electron chi connectivity index (χ4n) is 2.80. The van der Waals surface area contributed by atoms with Gasteiger partial charge in [0.1, 0.15) is 5.76 Å². The number of rotatable bonds is 10. The second kappa shape index (κ2) is 9.00. The molecule has 8 nitrogen and oxygen atoms in total. The number of carboxylic acid groups (broad SMARTS) is 1. The van der Waals surface area contributed by atoms with Crippen LogP contribution in [0.1, 0.15) is 37.7 Å². The van der Waals surface area contributed by atoms with E-state index in [0.29, 0.717) is 37.1 Å². The zero-order valence-corrected chi connectivity index (χ0v) is 14.2. The summed E-state index contributed by atoms with van der Waals surface area (Å²) >= 11 is 0. The van der Waals surface area contributed by atoms with Crippen LogP contribution in [0.4, 0.5) is 5.69 Å². The Bertz CT molecular complexity index is 709. The molecule has 0 atom stereocenters. The van der Waals surface area contributed by atoms with Crippen LogP contribution in [-0.2, 0) is 19.3 Å². The molecule has 3 N–H and O–H groups in total. The quantitative estimate of drug-likeness (QED) is 0.427. The van der Waals surface area contributed by atoms with Crippen LogP contribution < -0.4 is 4.90 Å². The SMILES string of the molecule is O=C(O)CCCN(CCCC(=O)OO)c1ccc(C2=C(O)CC2=O)cc1. The molecular weight excluding hydrogens is 342 g/mol. The van der Waals surface area contributed by atoms with E-state index in [2.05, 4.69) is 4.89 Å². The van der Waals surface area contributed by atoms with Crippen LogP contribution in [0, 0.1) is 0 Å². The van der Waals surface area contributed by atoms with E-state index in [1.54, 1.807) is 24.3 Å². The molecule has 0 amide bonds. The summed E-state index contributed by atoms with van der Waals surface area (Å²) in [5.74, 6) is -1.62. The molecule has 0 heterocycles. The maximum Gasteiger partial charge on any atom is 0.342 e. The van der Waals surface area contributed by atoms with Crippen LogP contribution in [0.2, 0.25) is 0 Å². The average Bonchev–Trinajstić information content (AvgIpc) is 2.60. The van der Waals surface area contributed by atoms with Crippen LogP contribution in [-0.4, -0.2) is 46.3 Å². The van der Waals surface area contributed by atoms with Crippen molar-refractivity contribution in [3.8, 4) is 0 Å². The molecule has 0 fully saturated rings. The lowest BCUT2D eigenvalue weighted by Gasteiger charge is -2.25. The lowest BCUT2D eigenvalue weighted by Crippen LogP contribution is -2.27. The molecule has 26 heavy (non-hydrogen) atoms. The second-order valence-electron chi connectivity index (χ2n) is 6.02. The minimum absolute atomic E-state index is 0.0303. The first-order chi connectivity index (χ1) is 12.4. The van der Waals surface area contributed by atoms with E-state index in [9.17, 15) is 19.5 Å². The Morgan fingerprint density at radius 2 is 1.69 bits per heavy atom. The summed E-state index contributed by atoms with van der Waals surface area (Å²) in [6.45, 7) is 0.952. The maximum absolute atomic E-state index is 11.6. The van der Waals surface area contributed by atoms with Crippen LogP contribution >= 0.6 is 0 Å². The number of ketones is 1. The number of aliphatic hydroxyl groups is 1. The van der Waals surface area contributed by atoms with Crippen molar-refractivity contribution in [3.05, 3.63) is 35.6 Å². The van der Waals surface area contributed by atoms with Crippen LogP contribution in [0.5, 0.6) is 0 Å². The van der Waals surface area contributed by atoms with E-state index in [0.717, 1.165) is 5.69 Å². The van der Waals surface area contributed by atoms with Gasteiger partial charge in [-0.2, -0.15) is 5.26 Å². The highest BCUT2D eigenvalue weighted by molar-refractivity contribution is 6.28. The monoisotopic (exact) mass is 363 g/mol. The number of Topliss-reactive ketones (excluding diaryl/α,β-unsaturated/α-hetero) is 1. The Balaban J connectivity index is 2.05. The molecule has 0 spiro atoms.